The number of hydrogen-bond acceptors (Lipinski definition) is 5. The van der Waals surface area contributed by atoms with Gasteiger partial charge < -0.3 is 9.64 Å². The largest absolute Gasteiger partial charge is 0.466 e. The highest BCUT2D eigenvalue weighted by molar-refractivity contribution is 5.92. The van der Waals surface area contributed by atoms with Crippen LogP contribution in [0.15, 0.2) is 6.20 Å². The van der Waals surface area contributed by atoms with Crippen LogP contribution in [-0.4, -0.2) is 51.9 Å². The normalized spacial score (nSPS) is 19.6. The maximum Gasteiger partial charge on any atom is 0.310 e. The number of H-pyrrole nitrogens is 1. The summed E-state index contributed by atoms with van der Waals surface area (Å²) in [5, 5.41) is 9.77. The molecule has 0 saturated carbocycles. The second kappa shape index (κ2) is 5.61. The average Bonchev–Trinajstić information content (AvgIpc) is 2.92. The minimum atomic E-state index is -0.227. The van der Waals surface area contributed by atoms with Gasteiger partial charge in [-0.25, -0.2) is 0 Å². The number of carbonyl (C=O) groups excluding carboxylic acids is 2. The number of aromatic nitrogens is 3. The molecule has 1 aliphatic rings. The molecule has 1 fully saturated rings. The second-order valence-corrected chi connectivity index (χ2v) is 4.20. The predicted octanol–water partition coefficient (Wildman–Crippen LogP) is 0.220. The number of piperidine rings is 1. The van der Waals surface area contributed by atoms with Gasteiger partial charge >= 0.3 is 5.97 Å². The zero-order chi connectivity index (χ0) is 13.0. The van der Waals surface area contributed by atoms with Gasteiger partial charge in [-0.1, -0.05) is 0 Å². The Hall–Kier alpha value is -1.92. The van der Waals surface area contributed by atoms with Crippen molar-refractivity contribution < 1.29 is 14.3 Å². The molecule has 7 heteroatoms. The summed E-state index contributed by atoms with van der Waals surface area (Å²) >= 11 is 0. The summed E-state index contributed by atoms with van der Waals surface area (Å²) in [6.45, 7) is 3.18. The summed E-state index contributed by atoms with van der Waals surface area (Å²) in [4.78, 5) is 25.3. The SMILES string of the molecule is CCOC(=O)[C@@H]1CCCN(C(=O)c2cn[nH]n2)C1. The van der Waals surface area contributed by atoms with Gasteiger partial charge in [-0.2, -0.15) is 15.4 Å². The Kier molecular flexibility index (Phi) is 3.91. The van der Waals surface area contributed by atoms with E-state index >= 15 is 0 Å². The number of rotatable bonds is 3. The average molecular weight is 252 g/mol. The van der Waals surface area contributed by atoms with Gasteiger partial charge in [-0.05, 0) is 19.8 Å². The molecule has 1 aromatic heterocycles. The maximum atomic E-state index is 12.0. The number of esters is 1. The van der Waals surface area contributed by atoms with Crippen LogP contribution >= 0.6 is 0 Å². The highest BCUT2D eigenvalue weighted by Gasteiger charge is 2.30. The molecule has 98 valence electrons. The number of ether oxygens (including phenoxy) is 1. The first-order chi connectivity index (χ1) is 8.72. The predicted molar refractivity (Wildman–Crippen MR) is 61.6 cm³/mol. The molecule has 0 radical (unpaired) electrons. The van der Waals surface area contributed by atoms with Crippen molar-refractivity contribution in [2.45, 2.75) is 19.8 Å². The van der Waals surface area contributed by atoms with Crippen molar-refractivity contribution in [3.05, 3.63) is 11.9 Å². The molecule has 2 rings (SSSR count). The van der Waals surface area contributed by atoms with Crippen LogP contribution in [0.25, 0.3) is 0 Å². The highest BCUT2D eigenvalue weighted by Crippen LogP contribution is 2.19. The molecule has 1 N–H and O–H groups in total. The molecule has 1 atom stereocenters. The molecule has 0 spiro atoms. The Morgan fingerprint density at radius 2 is 2.44 bits per heavy atom. The fourth-order valence-electron chi connectivity index (χ4n) is 2.08. The van der Waals surface area contributed by atoms with Crippen LogP contribution in [0, 0.1) is 5.92 Å². The van der Waals surface area contributed by atoms with Gasteiger partial charge in [0.2, 0.25) is 0 Å². The molecule has 18 heavy (non-hydrogen) atoms. The van der Waals surface area contributed by atoms with Crippen molar-refractivity contribution in [2.24, 2.45) is 5.92 Å². The molecule has 0 aromatic carbocycles. The zero-order valence-corrected chi connectivity index (χ0v) is 10.3. The number of carbonyl (C=O) groups is 2. The lowest BCUT2D eigenvalue weighted by molar-refractivity contribution is -0.149. The zero-order valence-electron chi connectivity index (χ0n) is 10.3. The van der Waals surface area contributed by atoms with Crippen molar-refractivity contribution >= 4 is 11.9 Å². The van der Waals surface area contributed by atoms with Crippen LogP contribution in [0.5, 0.6) is 0 Å². The minimum Gasteiger partial charge on any atom is -0.466 e. The number of nitrogens with zero attached hydrogens (tertiary/aromatic N) is 3. The van der Waals surface area contributed by atoms with Crippen molar-refractivity contribution in [3.8, 4) is 0 Å². The van der Waals surface area contributed by atoms with Gasteiger partial charge in [0.05, 0.1) is 18.7 Å². The Morgan fingerprint density at radius 3 is 3.11 bits per heavy atom. The third-order valence-corrected chi connectivity index (χ3v) is 2.96. The Balaban J connectivity index is 1.98. The Morgan fingerprint density at radius 1 is 1.61 bits per heavy atom. The lowest BCUT2D eigenvalue weighted by Gasteiger charge is -2.30. The monoisotopic (exact) mass is 252 g/mol. The van der Waals surface area contributed by atoms with E-state index in [-0.39, 0.29) is 23.5 Å². The Bertz CT molecular complexity index is 418. The van der Waals surface area contributed by atoms with Crippen LogP contribution in [0.3, 0.4) is 0 Å². The summed E-state index contributed by atoms with van der Waals surface area (Å²) in [5.74, 6) is -0.651. The summed E-state index contributed by atoms with van der Waals surface area (Å²) < 4.78 is 4.99. The molecule has 2 heterocycles. The third kappa shape index (κ3) is 2.66. The standard InChI is InChI=1S/C11H16N4O3/c1-2-18-11(17)8-4-3-5-15(7-8)10(16)9-6-12-14-13-9/h6,8H,2-5,7H2,1H3,(H,12,13,14)/t8-/m1/s1. The third-order valence-electron chi connectivity index (χ3n) is 2.96. The van der Waals surface area contributed by atoms with Gasteiger partial charge in [0, 0.05) is 13.1 Å². The van der Waals surface area contributed by atoms with Crippen molar-refractivity contribution in [2.75, 3.05) is 19.7 Å². The molecule has 0 unspecified atom stereocenters. The van der Waals surface area contributed by atoms with E-state index in [2.05, 4.69) is 15.4 Å². The topological polar surface area (TPSA) is 88.2 Å². The molecule has 1 saturated heterocycles. The summed E-state index contributed by atoms with van der Waals surface area (Å²) in [6.07, 6.45) is 2.95. The molecule has 1 aliphatic heterocycles. The molecule has 7 nitrogen and oxygen atoms in total. The van der Waals surface area contributed by atoms with Crippen LogP contribution in [0.2, 0.25) is 0 Å². The quantitative estimate of drug-likeness (QED) is 0.777. The van der Waals surface area contributed by atoms with Gasteiger partial charge in [0.1, 0.15) is 0 Å². The van der Waals surface area contributed by atoms with Crippen LogP contribution < -0.4 is 0 Å². The van der Waals surface area contributed by atoms with E-state index in [9.17, 15) is 9.59 Å². The molecule has 1 aromatic rings. The first-order valence-electron chi connectivity index (χ1n) is 6.04. The number of nitrogens with one attached hydrogen (secondary N) is 1. The first-order valence-corrected chi connectivity index (χ1v) is 6.04. The summed E-state index contributed by atoms with van der Waals surface area (Å²) in [7, 11) is 0. The Labute approximate surface area is 104 Å². The molecule has 1 amide bonds. The molecule has 0 aliphatic carbocycles. The highest BCUT2D eigenvalue weighted by atomic mass is 16.5. The molecule has 0 bridgehead atoms. The molecular formula is C11H16N4O3. The van der Waals surface area contributed by atoms with E-state index in [1.807, 2.05) is 0 Å². The smallest absolute Gasteiger partial charge is 0.310 e. The number of likely N-dealkylation sites (tertiary alicyclic amines) is 1. The molecular weight excluding hydrogens is 236 g/mol. The number of aromatic amines is 1. The fraction of sp³-hybridized carbons (Fsp3) is 0.636. The maximum absolute atomic E-state index is 12.0. The minimum absolute atomic E-state index is 0.197. The van der Waals surface area contributed by atoms with E-state index < -0.39 is 0 Å². The lowest BCUT2D eigenvalue weighted by atomic mass is 9.98. The summed E-state index contributed by atoms with van der Waals surface area (Å²) in [6, 6.07) is 0. The van der Waals surface area contributed by atoms with Gasteiger partial charge in [0.15, 0.2) is 5.69 Å². The van der Waals surface area contributed by atoms with E-state index in [0.29, 0.717) is 19.7 Å². The van der Waals surface area contributed by atoms with Crippen molar-refractivity contribution in [1.29, 1.82) is 0 Å². The van der Waals surface area contributed by atoms with Gasteiger partial charge in [0.25, 0.3) is 5.91 Å². The van der Waals surface area contributed by atoms with E-state index in [0.717, 1.165) is 12.8 Å². The van der Waals surface area contributed by atoms with Crippen LogP contribution in [0.4, 0.5) is 0 Å². The lowest BCUT2D eigenvalue weighted by Crippen LogP contribution is -2.43. The van der Waals surface area contributed by atoms with Crippen LogP contribution in [0.1, 0.15) is 30.3 Å². The van der Waals surface area contributed by atoms with E-state index in [4.69, 9.17) is 4.74 Å². The van der Waals surface area contributed by atoms with Crippen molar-refractivity contribution in [3.63, 3.8) is 0 Å². The number of hydrogen-bond donors (Lipinski definition) is 1. The number of amides is 1. The van der Waals surface area contributed by atoms with Crippen molar-refractivity contribution in [1.82, 2.24) is 20.3 Å². The van der Waals surface area contributed by atoms with Gasteiger partial charge in [-0.3, -0.25) is 9.59 Å². The first kappa shape index (κ1) is 12.5. The second-order valence-electron chi connectivity index (χ2n) is 4.20. The van der Waals surface area contributed by atoms with E-state index in [1.54, 1.807) is 11.8 Å². The fourth-order valence-corrected chi connectivity index (χ4v) is 2.08. The van der Waals surface area contributed by atoms with Crippen LogP contribution in [-0.2, 0) is 9.53 Å². The van der Waals surface area contributed by atoms with E-state index in [1.165, 1.54) is 6.20 Å². The van der Waals surface area contributed by atoms with Gasteiger partial charge in [-0.15, -0.1) is 0 Å². The summed E-state index contributed by atoms with van der Waals surface area (Å²) in [5.41, 5.74) is 0.277.